The zero-order chi connectivity index (χ0) is 10.8. The van der Waals surface area contributed by atoms with E-state index in [1.807, 2.05) is 0 Å². The van der Waals surface area contributed by atoms with Gasteiger partial charge in [0.15, 0.2) is 0 Å². The Hall–Kier alpha value is -0.660. The van der Waals surface area contributed by atoms with Gasteiger partial charge in [-0.1, -0.05) is 0 Å². The zero-order valence-corrected chi connectivity index (χ0v) is 8.44. The summed E-state index contributed by atoms with van der Waals surface area (Å²) >= 11 is 0. The summed E-state index contributed by atoms with van der Waals surface area (Å²) < 4.78 is 10.6. The van der Waals surface area contributed by atoms with Gasteiger partial charge in [-0.05, 0) is 6.42 Å². The smallest absolute Gasteiger partial charge is 0.323 e. The molecule has 6 N–H and O–H groups in total. The number of hydrazine groups is 2. The van der Waals surface area contributed by atoms with Crippen LogP contribution in [0.1, 0.15) is 6.42 Å². The van der Waals surface area contributed by atoms with E-state index in [0.29, 0.717) is 13.1 Å². The first-order chi connectivity index (χ1) is 6.40. The van der Waals surface area contributed by atoms with Crippen LogP contribution in [-0.2, 0) is 4.57 Å². The van der Waals surface area contributed by atoms with Gasteiger partial charge < -0.3 is 9.79 Å². The molecule has 1 fully saturated rings. The minimum atomic E-state index is -4.09. The molecule has 0 radical (unpaired) electrons. The molecule has 0 aromatic carbocycles. The van der Waals surface area contributed by atoms with Gasteiger partial charge in [0.1, 0.15) is 6.29 Å². The van der Waals surface area contributed by atoms with Crippen LogP contribution in [0.15, 0.2) is 0 Å². The fourth-order valence-corrected chi connectivity index (χ4v) is 1.45. The second-order valence-electron chi connectivity index (χ2n) is 3.00. The lowest BCUT2D eigenvalue weighted by molar-refractivity contribution is 0.208. The number of hydrogen-bond acceptors (Lipinski definition) is 4. The molecule has 0 saturated carbocycles. The average Bonchev–Trinajstić information content (AvgIpc) is 2.06. The molecule has 0 amide bonds. The first-order valence-electron chi connectivity index (χ1n) is 4.06. The highest BCUT2D eigenvalue weighted by molar-refractivity contribution is 7.51. The SMILES string of the molecule is N=C1N(N)CCCN1NCP(=O)(O)O. The normalized spacial score (nSPS) is 18.9. The quantitative estimate of drug-likeness (QED) is 0.289. The predicted molar refractivity (Wildman–Crippen MR) is 50.0 cm³/mol. The van der Waals surface area contributed by atoms with Gasteiger partial charge in [-0.15, -0.1) is 0 Å². The Morgan fingerprint density at radius 3 is 2.79 bits per heavy atom. The summed E-state index contributed by atoms with van der Waals surface area (Å²) in [5, 5.41) is 10.0. The van der Waals surface area contributed by atoms with Crippen LogP contribution in [0.2, 0.25) is 0 Å². The lowest BCUT2D eigenvalue weighted by atomic mass is 10.3. The van der Waals surface area contributed by atoms with E-state index in [1.165, 1.54) is 10.0 Å². The summed E-state index contributed by atoms with van der Waals surface area (Å²) in [4.78, 5) is 17.2. The van der Waals surface area contributed by atoms with Crippen LogP contribution in [0.25, 0.3) is 0 Å². The van der Waals surface area contributed by atoms with E-state index in [1.54, 1.807) is 0 Å². The highest BCUT2D eigenvalue weighted by Crippen LogP contribution is 2.32. The van der Waals surface area contributed by atoms with Crippen molar-refractivity contribution in [3.63, 3.8) is 0 Å². The Labute approximate surface area is 81.3 Å². The highest BCUT2D eigenvalue weighted by Gasteiger charge is 2.22. The number of rotatable bonds is 3. The molecular formula is C5H14N5O3P. The van der Waals surface area contributed by atoms with Gasteiger partial charge >= 0.3 is 7.60 Å². The summed E-state index contributed by atoms with van der Waals surface area (Å²) in [5.74, 6) is 5.46. The van der Waals surface area contributed by atoms with Crippen molar-refractivity contribution in [2.75, 3.05) is 19.4 Å². The molecule has 14 heavy (non-hydrogen) atoms. The minimum Gasteiger partial charge on any atom is -0.323 e. The van der Waals surface area contributed by atoms with Crippen molar-refractivity contribution in [1.82, 2.24) is 15.4 Å². The van der Waals surface area contributed by atoms with Gasteiger partial charge in [-0.3, -0.25) is 20.0 Å². The molecule has 0 bridgehead atoms. The van der Waals surface area contributed by atoms with Crippen molar-refractivity contribution >= 4 is 13.6 Å². The average molecular weight is 223 g/mol. The first kappa shape index (κ1) is 11.4. The summed E-state index contributed by atoms with van der Waals surface area (Å²) in [6, 6.07) is 0. The molecule has 9 heteroatoms. The molecule has 0 atom stereocenters. The maximum atomic E-state index is 10.6. The molecule has 0 spiro atoms. The maximum Gasteiger partial charge on any atom is 0.341 e. The molecule has 0 aromatic heterocycles. The van der Waals surface area contributed by atoms with Gasteiger partial charge in [-0.2, -0.15) is 0 Å². The molecule has 82 valence electrons. The molecule has 1 aliphatic rings. The van der Waals surface area contributed by atoms with Crippen molar-refractivity contribution < 1.29 is 14.4 Å². The molecule has 0 aliphatic carbocycles. The van der Waals surface area contributed by atoms with Crippen LogP contribution in [-0.4, -0.2) is 45.1 Å². The lowest BCUT2D eigenvalue weighted by Crippen LogP contribution is -2.57. The molecule has 0 aromatic rings. The van der Waals surface area contributed by atoms with E-state index in [0.717, 1.165) is 6.42 Å². The second-order valence-corrected chi connectivity index (χ2v) is 4.65. The monoisotopic (exact) mass is 223 g/mol. The predicted octanol–water partition coefficient (Wildman–Crippen LogP) is -1.56. The Balaban J connectivity index is 2.44. The Morgan fingerprint density at radius 1 is 1.57 bits per heavy atom. The lowest BCUT2D eigenvalue weighted by Gasteiger charge is -2.35. The fourth-order valence-electron chi connectivity index (χ4n) is 1.10. The van der Waals surface area contributed by atoms with Gasteiger partial charge in [0.25, 0.3) is 0 Å². The van der Waals surface area contributed by atoms with E-state index in [9.17, 15) is 4.57 Å². The molecule has 1 saturated heterocycles. The van der Waals surface area contributed by atoms with Gasteiger partial charge in [0.2, 0.25) is 5.96 Å². The van der Waals surface area contributed by atoms with Crippen molar-refractivity contribution in [2.24, 2.45) is 5.84 Å². The largest absolute Gasteiger partial charge is 0.341 e. The molecule has 0 unspecified atom stereocenters. The second kappa shape index (κ2) is 4.24. The molecule has 1 aliphatic heterocycles. The third-order valence-corrected chi connectivity index (χ3v) is 2.33. The van der Waals surface area contributed by atoms with Crippen LogP contribution < -0.4 is 11.3 Å². The topological polar surface area (TPSA) is 126 Å². The fraction of sp³-hybridized carbons (Fsp3) is 0.800. The number of nitrogens with zero attached hydrogens (tertiary/aromatic N) is 2. The molecule has 1 heterocycles. The summed E-state index contributed by atoms with van der Waals surface area (Å²) in [6.45, 7) is 1.10. The minimum absolute atomic E-state index is 0.0182. The summed E-state index contributed by atoms with van der Waals surface area (Å²) in [6.07, 6.45) is 0.260. The molecular weight excluding hydrogens is 209 g/mol. The van der Waals surface area contributed by atoms with E-state index in [4.69, 9.17) is 21.0 Å². The summed E-state index contributed by atoms with van der Waals surface area (Å²) in [5.41, 5.74) is 2.47. The van der Waals surface area contributed by atoms with Crippen LogP contribution in [0, 0.1) is 5.41 Å². The Bertz CT molecular complexity index is 266. The third kappa shape index (κ3) is 3.24. The number of guanidine groups is 1. The van der Waals surface area contributed by atoms with Crippen LogP contribution in [0.3, 0.4) is 0 Å². The van der Waals surface area contributed by atoms with Gasteiger partial charge in [-0.25, -0.2) is 11.3 Å². The zero-order valence-electron chi connectivity index (χ0n) is 7.55. The first-order valence-corrected chi connectivity index (χ1v) is 5.86. The molecule has 8 nitrogen and oxygen atoms in total. The van der Waals surface area contributed by atoms with Crippen LogP contribution in [0.5, 0.6) is 0 Å². The van der Waals surface area contributed by atoms with E-state index in [-0.39, 0.29) is 5.96 Å². The van der Waals surface area contributed by atoms with E-state index >= 15 is 0 Å². The van der Waals surface area contributed by atoms with Crippen molar-refractivity contribution in [1.29, 1.82) is 5.41 Å². The van der Waals surface area contributed by atoms with Crippen LogP contribution >= 0.6 is 7.60 Å². The summed E-state index contributed by atoms with van der Waals surface area (Å²) in [7, 11) is -4.09. The van der Waals surface area contributed by atoms with E-state index < -0.39 is 13.9 Å². The van der Waals surface area contributed by atoms with Gasteiger partial charge in [0, 0.05) is 13.1 Å². The van der Waals surface area contributed by atoms with E-state index in [2.05, 4.69) is 5.43 Å². The van der Waals surface area contributed by atoms with Crippen molar-refractivity contribution in [3.05, 3.63) is 0 Å². The van der Waals surface area contributed by atoms with Crippen LogP contribution in [0.4, 0.5) is 0 Å². The number of hydrogen-bond donors (Lipinski definition) is 5. The van der Waals surface area contributed by atoms with Crippen molar-refractivity contribution in [3.8, 4) is 0 Å². The molecule has 1 rings (SSSR count). The number of nitrogens with two attached hydrogens (primary N) is 1. The Kier molecular flexibility index (Phi) is 3.46. The highest BCUT2D eigenvalue weighted by atomic mass is 31.2. The number of nitrogens with one attached hydrogen (secondary N) is 2. The van der Waals surface area contributed by atoms with Crippen molar-refractivity contribution in [2.45, 2.75) is 6.42 Å². The standard InChI is InChI=1S/C5H14N5O3P/c6-5-9(7)2-1-3-10(5)8-4-14(11,12)13/h6,8H,1-4,7H2,(H2,11,12,13). The maximum absolute atomic E-state index is 10.6. The Morgan fingerprint density at radius 2 is 2.21 bits per heavy atom. The van der Waals surface area contributed by atoms with Gasteiger partial charge in [0.05, 0.1) is 0 Å². The third-order valence-electron chi connectivity index (χ3n) is 1.78.